The lowest BCUT2D eigenvalue weighted by Gasteiger charge is -2.24. The first-order chi connectivity index (χ1) is 8.69. The number of hydrogen-bond acceptors (Lipinski definition) is 4. The van der Waals surface area contributed by atoms with Crippen LogP contribution in [-0.2, 0) is 13.6 Å². The molecule has 0 aromatic heterocycles. The predicted octanol–water partition coefficient (Wildman–Crippen LogP) is 1.92. The Balaban J connectivity index is 2.68. The third kappa shape index (κ3) is 4.87. The summed E-state index contributed by atoms with van der Waals surface area (Å²) in [5.41, 5.74) is 0.143. The van der Waals surface area contributed by atoms with Gasteiger partial charge in [-0.05, 0) is 18.9 Å². The molecule has 0 spiro atoms. The molecule has 0 radical (unpaired) electrons. The monoisotopic (exact) mass is 270 g/mol. The van der Waals surface area contributed by atoms with Gasteiger partial charge in [-0.3, -0.25) is 0 Å². The molecule has 1 rings (SSSR count). The van der Waals surface area contributed by atoms with Gasteiger partial charge >= 0.3 is 9.28 Å². The molecule has 3 unspecified atom stereocenters. The van der Waals surface area contributed by atoms with Crippen LogP contribution in [-0.4, -0.2) is 34.4 Å². The van der Waals surface area contributed by atoms with E-state index in [4.69, 9.17) is 13.6 Å². The van der Waals surface area contributed by atoms with Crippen LogP contribution in [0.2, 0.25) is 0 Å². The molecule has 0 saturated carbocycles. The van der Waals surface area contributed by atoms with Crippen molar-refractivity contribution in [1.29, 1.82) is 0 Å². The molecule has 1 N–H and O–H groups in total. The second-order valence-corrected chi connectivity index (χ2v) is 6.01. The molecule has 4 nitrogen and oxygen atoms in total. The maximum Gasteiger partial charge on any atom is 0.357 e. The number of methoxy groups -OCH3 is 1. The molecular formula is C13H22O4Si. The Bertz CT molecular complexity index is 320. The molecule has 0 heterocycles. The minimum atomic E-state index is -2.22. The number of aliphatic hydroxyl groups is 1. The summed E-state index contributed by atoms with van der Waals surface area (Å²) in [4.78, 5) is 0. The largest absolute Gasteiger partial charge is 0.395 e. The Morgan fingerprint density at radius 3 is 2.50 bits per heavy atom. The average Bonchev–Trinajstić information content (AvgIpc) is 2.43. The first-order valence-electron chi connectivity index (χ1n) is 6.22. The lowest BCUT2D eigenvalue weighted by atomic mass is 10.2. The van der Waals surface area contributed by atoms with Crippen LogP contribution in [0.5, 0.6) is 0 Å². The Labute approximate surface area is 110 Å². The van der Waals surface area contributed by atoms with Crippen LogP contribution < -0.4 is 0 Å². The molecule has 0 bridgehead atoms. The van der Waals surface area contributed by atoms with Crippen molar-refractivity contribution in [2.45, 2.75) is 32.3 Å². The summed E-state index contributed by atoms with van der Waals surface area (Å²) in [6, 6.07) is 9.45. The van der Waals surface area contributed by atoms with Crippen LogP contribution in [0, 0.1) is 0 Å². The standard InChI is InChI=1S/C13H22O4Si/c1-4-10-16-18(17-11(2)15-3)13(14)12-8-6-5-7-9-12/h5-9,11,13-14,18H,4,10H2,1-3H3. The van der Waals surface area contributed by atoms with Crippen molar-refractivity contribution < 1.29 is 18.7 Å². The second kappa shape index (κ2) is 8.39. The summed E-state index contributed by atoms with van der Waals surface area (Å²) in [5.74, 6) is 0. The normalized spacial score (nSPS) is 16.2. The Hall–Kier alpha value is -0.723. The molecule has 0 amide bonds. The van der Waals surface area contributed by atoms with E-state index in [1.54, 1.807) is 14.0 Å². The van der Waals surface area contributed by atoms with Crippen molar-refractivity contribution in [2.75, 3.05) is 13.7 Å². The number of benzene rings is 1. The maximum atomic E-state index is 10.3. The lowest BCUT2D eigenvalue weighted by Crippen LogP contribution is -2.35. The van der Waals surface area contributed by atoms with Gasteiger partial charge in [-0.2, -0.15) is 0 Å². The van der Waals surface area contributed by atoms with Crippen LogP contribution >= 0.6 is 0 Å². The highest BCUT2D eigenvalue weighted by atomic mass is 28.3. The van der Waals surface area contributed by atoms with E-state index in [-0.39, 0.29) is 6.29 Å². The fourth-order valence-corrected chi connectivity index (χ4v) is 3.39. The number of rotatable bonds is 8. The maximum absolute atomic E-state index is 10.3. The van der Waals surface area contributed by atoms with Crippen LogP contribution in [0.15, 0.2) is 30.3 Å². The van der Waals surface area contributed by atoms with E-state index < -0.39 is 15.0 Å². The highest BCUT2D eigenvalue weighted by molar-refractivity contribution is 6.45. The van der Waals surface area contributed by atoms with Crippen molar-refractivity contribution in [3.8, 4) is 0 Å². The van der Waals surface area contributed by atoms with Gasteiger partial charge in [0.25, 0.3) is 0 Å². The summed E-state index contributed by atoms with van der Waals surface area (Å²) >= 11 is 0. The van der Waals surface area contributed by atoms with Crippen molar-refractivity contribution in [3.63, 3.8) is 0 Å². The van der Waals surface area contributed by atoms with Crippen LogP contribution in [0.1, 0.15) is 31.6 Å². The summed E-state index contributed by atoms with van der Waals surface area (Å²) in [6.45, 7) is 4.42. The van der Waals surface area contributed by atoms with E-state index in [9.17, 15) is 5.11 Å². The lowest BCUT2D eigenvalue weighted by molar-refractivity contribution is -0.0632. The summed E-state index contributed by atoms with van der Waals surface area (Å²) in [6.07, 6.45) is 0.535. The molecule has 3 atom stereocenters. The summed E-state index contributed by atoms with van der Waals surface area (Å²) < 4.78 is 16.4. The topological polar surface area (TPSA) is 47.9 Å². The Kier molecular flexibility index (Phi) is 7.15. The van der Waals surface area contributed by atoms with E-state index in [0.717, 1.165) is 12.0 Å². The molecule has 0 saturated heterocycles. The summed E-state index contributed by atoms with van der Waals surface area (Å²) in [7, 11) is -0.643. The molecule has 0 aliphatic heterocycles. The highest BCUT2D eigenvalue weighted by Crippen LogP contribution is 2.18. The van der Waals surface area contributed by atoms with Gasteiger partial charge in [0.1, 0.15) is 12.0 Å². The van der Waals surface area contributed by atoms with Gasteiger partial charge in [-0.15, -0.1) is 0 Å². The van der Waals surface area contributed by atoms with Crippen LogP contribution in [0.25, 0.3) is 0 Å². The molecule has 1 aromatic rings. The molecule has 1 aromatic carbocycles. The van der Waals surface area contributed by atoms with Gasteiger partial charge < -0.3 is 18.7 Å². The van der Waals surface area contributed by atoms with Gasteiger partial charge in [0.2, 0.25) is 0 Å². The Morgan fingerprint density at radius 2 is 1.94 bits per heavy atom. The number of aliphatic hydroxyl groups excluding tert-OH is 1. The summed E-state index contributed by atoms with van der Waals surface area (Å²) in [5, 5.41) is 10.3. The van der Waals surface area contributed by atoms with Gasteiger partial charge in [-0.25, -0.2) is 0 Å². The van der Waals surface area contributed by atoms with E-state index in [2.05, 4.69) is 0 Å². The zero-order valence-electron chi connectivity index (χ0n) is 11.2. The minimum absolute atomic E-state index is 0.364. The molecule has 102 valence electrons. The molecule has 5 heteroatoms. The number of hydrogen-bond donors (Lipinski definition) is 1. The quantitative estimate of drug-likeness (QED) is 0.579. The van der Waals surface area contributed by atoms with Gasteiger partial charge in [0.15, 0.2) is 0 Å². The van der Waals surface area contributed by atoms with Crippen LogP contribution in [0.4, 0.5) is 0 Å². The fourth-order valence-electron chi connectivity index (χ4n) is 1.49. The third-order valence-corrected chi connectivity index (χ3v) is 4.66. The minimum Gasteiger partial charge on any atom is -0.395 e. The van der Waals surface area contributed by atoms with Crippen molar-refractivity contribution in [1.82, 2.24) is 0 Å². The van der Waals surface area contributed by atoms with E-state index >= 15 is 0 Å². The van der Waals surface area contributed by atoms with Crippen molar-refractivity contribution >= 4 is 9.28 Å². The van der Waals surface area contributed by atoms with Crippen molar-refractivity contribution in [3.05, 3.63) is 35.9 Å². The van der Waals surface area contributed by atoms with E-state index in [1.807, 2.05) is 37.3 Å². The van der Waals surface area contributed by atoms with Gasteiger partial charge in [0, 0.05) is 13.7 Å². The van der Waals surface area contributed by atoms with Gasteiger partial charge in [0.05, 0.1) is 0 Å². The van der Waals surface area contributed by atoms with Crippen LogP contribution in [0.3, 0.4) is 0 Å². The predicted molar refractivity (Wildman–Crippen MR) is 72.3 cm³/mol. The Morgan fingerprint density at radius 1 is 1.28 bits per heavy atom. The smallest absolute Gasteiger partial charge is 0.357 e. The molecular weight excluding hydrogens is 248 g/mol. The zero-order valence-corrected chi connectivity index (χ0v) is 12.4. The zero-order chi connectivity index (χ0) is 13.4. The number of ether oxygens (including phenoxy) is 1. The van der Waals surface area contributed by atoms with Crippen molar-refractivity contribution in [2.24, 2.45) is 0 Å². The molecule has 0 aliphatic carbocycles. The molecule has 0 fully saturated rings. The van der Waals surface area contributed by atoms with E-state index in [0.29, 0.717) is 6.61 Å². The SMILES string of the molecule is CCCO[SiH](OC(C)OC)C(O)c1ccccc1. The molecule has 18 heavy (non-hydrogen) atoms. The van der Waals surface area contributed by atoms with E-state index in [1.165, 1.54) is 0 Å². The second-order valence-electron chi connectivity index (χ2n) is 4.03. The van der Waals surface area contributed by atoms with Gasteiger partial charge in [-0.1, -0.05) is 37.3 Å². The highest BCUT2D eigenvalue weighted by Gasteiger charge is 2.27. The third-order valence-electron chi connectivity index (χ3n) is 2.54. The average molecular weight is 270 g/mol. The fraction of sp³-hybridized carbons (Fsp3) is 0.538. The first kappa shape index (κ1) is 15.3. The first-order valence-corrected chi connectivity index (χ1v) is 7.82. The molecule has 0 aliphatic rings.